The van der Waals surface area contributed by atoms with Crippen molar-refractivity contribution in [2.75, 3.05) is 11.5 Å². The minimum Gasteiger partial charge on any atom is -0.399 e. The number of fused-ring (bicyclic) bond motifs is 1. The summed E-state index contributed by atoms with van der Waals surface area (Å²) in [5.74, 6) is 0.544. The molecule has 0 radical (unpaired) electrons. The number of hydrogen-bond donors (Lipinski definition) is 4. The predicted octanol–water partition coefficient (Wildman–Crippen LogP) is 2.14. The molecule has 0 bridgehead atoms. The number of anilines is 1. The predicted molar refractivity (Wildman–Crippen MR) is 77.8 cm³/mol. The minimum absolute atomic E-state index is 0.462. The van der Waals surface area contributed by atoms with Crippen molar-refractivity contribution in [3.63, 3.8) is 0 Å². The van der Waals surface area contributed by atoms with Gasteiger partial charge in [0, 0.05) is 5.69 Å². The average molecular weight is 263 g/mol. The maximum absolute atomic E-state index is 10.0. The van der Waals surface area contributed by atoms with E-state index < -0.39 is 12.2 Å². The van der Waals surface area contributed by atoms with Gasteiger partial charge in [-0.05, 0) is 46.7 Å². The molecule has 0 saturated heterocycles. The van der Waals surface area contributed by atoms with E-state index in [0.717, 1.165) is 10.8 Å². The second-order valence-corrected chi connectivity index (χ2v) is 4.84. The summed E-state index contributed by atoms with van der Waals surface area (Å²) in [6.45, 7) is 0. The van der Waals surface area contributed by atoms with E-state index in [9.17, 15) is 10.2 Å². The fourth-order valence-corrected chi connectivity index (χ4v) is 2.24. The first kappa shape index (κ1) is 13.2. The van der Waals surface area contributed by atoms with Gasteiger partial charge in [-0.25, -0.2) is 0 Å². The molecule has 4 heteroatoms. The summed E-state index contributed by atoms with van der Waals surface area (Å²) >= 11 is 4.05. The van der Waals surface area contributed by atoms with Crippen molar-refractivity contribution < 1.29 is 10.2 Å². The largest absolute Gasteiger partial charge is 0.399 e. The average Bonchev–Trinajstić information content (AvgIpc) is 2.37. The van der Waals surface area contributed by atoms with Gasteiger partial charge in [-0.3, -0.25) is 0 Å². The summed E-state index contributed by atoms with van der Waals surface area (Å²) in [6.07, 6.45) is -1.20. The molecule has 0 aliphatic rings. The van der Waals surface area contributed by atoms with Crippen LogP contribution in [0.2, 0.25) is 0 Å². The lowest BCUT2D eigenvalue weighted by molar-refractivity contribution is 0.0173. The Morgan fingerprint density at radius 1 is 1.06 bits per heavy atom. The monoisotopic (exact) mass is 263 g/mol. The Hall–Kier alpha value is -1.23. The molecule has 0 fully saturated rings. The van der Waals surface area contributed by atoms with Crippen LogP contribution in [0.15, 0.2) is 36.4 Å². The summed E-state index contributed by atoms with van der Waals surface area (Å²) in [7, 11) is 0. The third-order valence-corrected chi connectivity index (χ3v) is 3.28. The van der Waals surface area contributed by atoms with Crippen LogP contribution in [-0.4, -0.2) is 22.1 Å². The van der Waals surface area contributed by atoms with E-state index >= 15 is 0 Å². The van der Waals surface area contributed by atoms with E-state index in [-0.39, 0.29) is 0 Å². The molecule has 0 amide bonds. The van der Waals surface area contributed by atoms with Crippen molar-refractivity contribution in [2.24, 2.45) is 0 Å². The zero-order valence-electron chi connectivity index (χ0n) is 9.95. The topological polar surface area (TPSA) is 66.5 Å². The molecule has 4 N–H and O–H groups in total. The first-order valence-electron chi connectivity index (χ1n) is 5.88. The van der Waals surface area contributed by atoms with Crippen molar-refractivity contribution in [3.05, 3.63) is 42.0 Å². The van der Waals surface area contributed by atoms with E-state index in [1.807, 2.05) is 36.4 Å². The van der Waals surface area contributed by atoms with Crippen LogP contribution in [0.3, 0.4) is 0 Å². The van der Waals surface area contributed by atoms with Crippen LogP contribution in [0.5, 0.6) is 0 Å². The molecule has 0 aliphatic heterocycles. The fourth-order valence-electron chi connectivity index (χ4n) is 1.98. The van der Waals surface area contributed by atoms with Gasteiger partial charge in [0.1, 0.15) is 6.10 Å². The highest BCUT2D eigenvalue weighted by molar-refractivity contribution is 7.80. The molecule has 2 aromatic carbocycles. The van der Waals surface area contributed by atoms with Crippen molar-refractivity contribution in [1.82, 2.24) is 0 Å². The molecule has 2 aromatic rings. The Balaban J connectivity index is 2.32. The van der Waals surface area contributed by atoms with Crippen LogP contribution in [-0.2, 0) is 0 Å². The lowest BCUT2D eigenvalue weighted by Crippen LogP contribution is -2.18. The fraction of sp³-hybridized carbons (Fsp3) is 0.286. The molecule has 0 spiro atoms. The number of rotatable bonds is 4. The smallest absolute Gasteiger partial charge is 0.105 e. The Morgan fingerprint density at radius 3 is 2.44 bits per heavy atom. The van der Waals surface area contributed by atoms with Crippen molar-refractivity contribution >= 4 is 29.1 Å². The number of nitrogens with two attached hydrogens (primary N) is 1. The van der Waals surface area contributed by atoms with Crippen LogP contribution < -0.4 is 5.73 Å². The molecule has 96 valence electrons. The summed E-state index contributed by atoms with van der Waals surface area (Å²) in [5.41, 5.74) is 7.14. The van der Waals surface area contributed by atoms with E-state index in [1.54, 1.807) is 0 Å². The second kappa shape index (κ2) is 5.61. The van der Waals surface area contributed by atoms with Gasteiger partial charge in [0.25, 0.3) is 0 Å². The molecular weight excluding hydrogens is 246 g/mol. The first-order chi connectivity index (χ1) is 8.61. The first-order valence-corrected chi connectivity index (χ1v) is 6.51. The normalized spacial score (nSPS) is 14.6. The minimum atomic E-state index is -0.876. The van der Waals surface area contributed by atoms with Crippen LogP contribution >= 0.6 is 12.6 Å². The number of benzene rings is 2. The molecule has 2 unspecified atom stereocenters. The Kier molecular flexibility index (Phi) is 4.11. The molecule has 2 atom stereocenters. The third-order valence-electron chi connectivity index (χ3n) is 3.02. The van der Waals surface area contributed by atoms with Gasteiger partial charge < -0.3 is 15.9 Å². The summed E-state index contributed by atoms with van der Waals surface area (Å²) < 4.78 is 0. The molecular formula is C14H17NO2S. The van der Waals surface area contributed by atoms with E-state index in [1.165, 1.54) is 0 Å². The highest BCUT2D eigenvalue weighted by Gasteiger charge is 2.17. The van der Waals surface area contributed by atoms with Gasteiger partial charge in [0.15, 0.2) is 0 Å². The van der Waals surface area contributed by atoms with Crippen LogP contribution in [0.4, 0.5) is 5.69 Å². The highest BCUT2D eigenvalue weighted by atomic mass is 32.1. The SMILES string of the molecule is Nc1ccc2cc(C(O)C(O)CCS)ccc2c1. The molecule has 0 aliphatic carbocycles. The molecule has 3 nitrogen and oxygen atoms in total. The number of hydrogen-bond acceptors (Lipinski definition) is 4. The van der Waals surface area contributed by atoms with Gasteiger partial charge >= 0.3 is 0 Å². The van der Waals surface area contributed by atoms with Crippen molar-refractivity contribution in [1.29, 1.82) is 0 Å². The lowest BCUT2D eigenvalue weighted by atomic mass is 9.99. The van der Waals surface area contributed by atoms with Crippen molar-refractivity contribution in [3.8, 4) is 0 Å². The summed E-state index contributed by atoms with van der Waals surface area (Å²) in [4.78, 5) is 0. The van der Waals surface area contributed by atoms with Gasteiger partial charge in [-0.1, -0.05) is 18.2 Å². The quantitative estimate of drug-likeness (QED) is 0.505. The molecule has 0 aromatic heterocycles. The number of nitrogen functional groups attached to an aromatic ring is 1. The van der Waals surface area contributed by atoms with Gasteiger partial charge in [-0.2, -0.15) is 12.6 Å². The molecule has 2 rings (SSSR count). The molecule has 0 saturated carbocycles. The van der Waals surface area contributed by atoms with Crippen molar-refractivity contribution in [2.45, 2.75) is 18.6 Å². The number of aliphatic hydroxyl groups excluding tert-OH is 2. The van der Waals surface area contributed by atoms with Crippen LogP contribution in [0.25, 0.3) is 10.8 Å². The van der Waals surface area contributed by atoms with Gasteiger partial charge in [0.2, 0.25) is 0 Å². The van der Waals surface area contributed by atoms with E-state index in [2.05, 4.69) is 12.6 Å². The van der Waals surface area contributed by atoms with Crippen LogP contribution in [0.1, 0.15) is 18.1 Å². The summed E-state index contributed by atoms with van der Waals surface area (Å²) in [5, 5.41) is 21.8. The third kappa shape index (κ3) is 2.77. The highest BCUT2D eigenvalue weighted by Crippen LogP contribution is 2.25. The zero-order chi connectivity index (χ0) is 13.1. The maximum Gasteiger partial charge on any atom is 0.105 e. The molecule has 0 heterocycles. The van der Waals surface area contributed by atoms with Crippen LogP contribution in [0, 0.1) is 0 Å². The van der Waals surface area contributed by atoms with Gasteiger partial charge in [-0.15, -0.1) is 0 Å². The Morgan fingerprint density at radius 2 is 1.72 bits per heavy atom. The standard InChI is InChI=1S/C14H17NO2S/c15-12-4-3-9-7-11(2-1-10(9)8-12)14(17)13(16)5-6-18/h1-4,7-8,13-14,16-18H,5-6,15H2. The second-order valence-electron chi connectivity index (χ2n) is 4.39. The number of thiol groups is 1. The Labute approximate surface area is 112 Å². The lowest BCUT2D eigenvalue weighted by Gasteiger charge is -2.17. The Bertz CT molecular complexity index is 544. The van der Waals surface area contributed by atoms with Gasteiger partial charge in [0.05, 0.1) is 6.10 Å². The van der Waals surface area contributed by atoms with E-state index in [0.29, 0.717) is 23.4 Å². The molecule has 18 heavy (non-hydrogen) atoms. The summed E-state index contributed by atoms with van der Waals surface area (Å²) in [6, 6.07) is 11.2. The number of aliphatic hydroxyl groups is 2. The zero-order valence-corrected chi connectivity index (χ0v) is 10.8. The maximum atomic E-state index is 10.0. The van der Waals surface area contributed by atoms with E-state index in [4.69, 9.17) is 5.73 Å².